The van der Waals surface area contributed by atoms with E-state index in [2.05, 4.69) is 5.32 Å². The van der Waals surface area contributed by atoms with E-state index in [9.17, 15) is 13.2 Å². The van der Waals surface area contributed by atoms with Crippen molar-refractivity contribution in [3.05, 3.63) is 29.3 Å². The summed E-state index contributed by atoms with van der Waals surface area (Å²) in [6.07, 6.45) is 7.11. The predicted molar refractivity (Wildman–Crippen MR) is 98.6 cm³/mol. The second-order valence-electron chi connectivity index (χ2n) is 6.36. The lowest BCUT2D eigenvalue weighted by molar-refractivity contribution is -0.120. The zero-order valence-corrected chi connectivity index (χ0v) is 15.9. The van der Waals surface area contributed by atoms with Gasteiger partial charge in [0.25, 0.3) is 0 Å². The van der Waals surface area contributed by atoms with Gasteiger partial charge < -0.3 is 10.1 Å². The minimum absolute atomic E-state index is 0.0472. The molecule has 1 aromatic rings. The molecule has 1 saturated carbocycles. The average Bonchev–Trinajstić information content (AvgIpc) is 2.61. The normalized spacial score (nSPS) is 15.9. The molecule has 0 radical (unpaired) electrons. The Bertz CT molecular complexity index is 640. The van der Waals surface area contributed by atoms with Crippen LogP contribution in [0.4, 0.5) is 0 Å². The van der Waals surface area contributed by atoms with Crippen molar-refractivity contribution in [2.24, 2.45) is 0 Å². The Morgan fingerprint density at radius 2 is 1.84 bits per heavy atom. The molecule has 0 bridgehead atoms. The highest BCUT2D eigenvalue weighted by molar-refractivity contribution is 7.91. The highest BCUT2D eigenvalue weighted by Gasteiger charge is 2.16. The number of amides is 1. The first kappa shape index (κ1) is 20.2. The highest BCUT2D eigenvalue weighted by Crippen LogP contribution is 2.20. The Labute approximate surface area is 155 Å². The summed E-state index contributed by atoms with van der Waals surface area (Å²) in [6.45, 7) is 1.14. The van der Waals surface area contributed by atoms with Crippen molar-refractivity contribution in [1.29, 1.82) is 0 Å². The summed E-state index contributed by atoms with van der Waals surface area (Å²) in [7, 11) is -3.47. The van der Waals surface area contributed by atoms with Gasteiger partial charge in [-0.2, -0.15) is 0 Å². The van der Waals surface area contributed by atoms with Crippen LogP contribution in [0.25, 0.3) is 0 Å². The van der Waals surface area contributed by atoms with Crippen molar-refractivity contribution < 1.29 is 17.9 Å². The van der Waals surface area contributed by atoms with Crippen molar-refractivity contribution in [3.63, 3.8) is 0 Å². The van der Waals surface area contributed by atoms with Crippen LogP contribution in [0.3, 0.4) is 0 Å². The van der Waals surface area contributed by atoms with Crippen LogP contribution in [0, 0.1) is 0 Å². The molecular formula is C18H26ClNO4S. The van der Waals surface area contributed by atoms with Gasteiger partial charge in [-0.15, -0.1) is 0 Å². The summed E-state index contributed by atoms with van der Waals surface area (Å²) in [5.41, 5.74) is 0. The monoisotopic (exact) mass is 387 g/mol. The topological polar surface area (TPSA) is 72.5 Å². The summed E-state index contributed by atoms with van der Waals surface area (Å²) < 4.78 is 30.1. The SMILES string of the molecule is O=C(CCS(=O)(=O)c1ccc(Cl)cc1)NCCCOC1CCCCC1. The van der Waals surface area contributed by atoms with Gasteiger partial charge in [0.2, 0.25) is 5.91 Å². The molecule has 5 nitrogen and oxygen atoms in total. The van der Waals surface area contributed by atoms with Crippen molar-refractivity contribution in [1.82, 2.24) is 5.32 Å². The van der Waals surface area contributed by atoms with Crippen molar-refractivity contribution in [2.45, 2.75) is 55.9 Å². The fourth-order valence-electron chi connectivity index (χ4n) is 2.86. The molecule has 0 spiro atoms. The quantitative estimate of drug-likeness (QED) is 0.659. The second-order valence-corrected chi connectivity index (χ2v) is 8.90. The Kier molecular flexibility index (Phi) is 8.19. The molecule has 25 heavy (non-hydrogen) atoms. The van der Waals surface area contributed by atoms with Crippen LogP contribution >= 0.6 is 11.6 Å². The lowest BCUT2D eigenvalue weighted by Gasteiger charge is -2.21. The smallest absolute Gasteiger partial charge is 0.221 e. The lowest BCUT2D eigenvalue weighted by atomic mass is 9.98. The first-order chi connectivity index (χ1) is 12.0. The molecule has 140 valence electrons. The third-order valence-corrected chi connectivity index (χ3v) is 6.30. The van der Waals surface area contributed by atoms with Crippen LogP contribution < -0.4 is 5.32 Å². The fourth-order valence-corrected chi connectivity index (χ4v) is 4.22. The van der Waals surface area contributed by atoms with Crippen LogP contribution in [0.5, 0.6) is 0 Å². The third kappa shape index (κ3) is 7.34. The van der Waals surface area contributed by atoms with Gasteiger partial charge in [-0.05, 0) is 43.5 Å². The molecule has 0 aromatic heterocycles. The van der Waals surface area contributed by atoms with Crippen LogP contribution in [-0.4, -0.2) is 39.3 Å². The van der Waals surface area contributed by atoms with Crippen molar-refractivity contribution in [3.8, 4) is 0 Å². The molecule has 0 unspecified atom stereocenters. The van der Waals surface area contributed by atoms with Crippen molar-refractivity contribution in [2.75, 3.05) is 18.9 Å². The van der Waals surface area contributed by atoms with E-state index in [1.165, 1.54) is 43.5 Å². The molecule has 7 heteroatoms. The molecule has 0 aliphatic heterocycles. The first-order valence-electron chi connectivity index (χ1n) is 8.84. The number of hydrogen-bond donors (Lipinski definition) is 1. The molecule has 0 saturated heterocycles. The predicted octanol–water partition coefficient (Wildman–Crippen LogP) is 3.36. The standard InChI is InChI=1S/C18H26ClNO4S/c19-15-7-9-17(10-8-15)25(22,23)14-11-18(21)20-12-4-13-24-16-5-2-1-3-6-16/h7-10,16H,1-6,11-14H2,(H,20,21). The summed E-state index contributed by atoms with van der Waals surface area (Å²) in [5, 5.41) is 3.23. The first-order valence-corrected chi connectivity index (χ1v) is 10.9. The molecule has 1 N–H and O–H groups in total. The van der Waals surface area contributed by atoms with Crippen LogP contribution in [-0.2, 0) is 19.4 Å². The lowest BCUT2D eigenvalue weighted by Crippen LogP contribution is -2.27. The molecule has 1 aliphatic rings. The van der Waals surface area contributed by atoms with Crippen LogP contribution in [0.15, 0.2) is 29.2 Å². The molecule has 1 fully saturated rings. The number of hydrogen-bond acceptors (Lipinski definition) is 4. The Morgan fingerprint density at radius 3 is 2.52 bits per heavy atom. The number of benzene rings is 1. The van der Waals surface area contributed by atoms with Crippen LogP contribution in [0.2, 0.25) is 5.02 Å². The Balaban J connectivity index is 1.60. The maximum absolute atomic E-state index is 12.2. The summed E-state index contributed by atoms with van der Waals surface area (Å²) in [5.74, 6) is -0.464. The molecule has 2 rings (SSSR count). The zero-order valence-electron chi connectivity index (χ0n) is 14.4. The van der Waals surface area contributed by atoms with E-state index in [1.54, 1.807) is 0 Å². The minimum Gasteiger partial charge on any atom is -0.378 e. The van der Waals surface area contributed by atoms with E-state index < -0.39 is 9.84 Å². The zero-order chi connectivity index (χ0) is 18.1. The van der Waals surface area contributed by atoms with Gasteiger partial charge in [0, 0.05) is 24.6 Å². The largest absolute Gasteiger partial charge is 0.378 e. The van der Waals surface area contributed by atoms with E-state index in [-0.39, 0.29) is 23.0 Å². The maximum atomic E-state index is 12.2. The van der Waals surface area contributed by atoms with Gasteiger partial charge in [-0.3, -0.25) is 4.79 Å². The second kappa shape index (κ2) is 10.1. The molecule has 0 heterocycles. The van der Waals surface area contributed by atoms with E-state index >= 15 is 0 Å². The van der Waals surface area contributed by atoms with Gasteiger partial charge in [-0.25, -0.2) is 8.42 Å². The Morgan fingerprint density at radius 1 is 1.16 bits per heavy atom. The fraction of sp³-hybridized carbons (Fsp3) is 0.611. The van der Waals surface area contributed by atoms with E-state index in [4.69, 9.17) is 16.3 Å². The third-order valence-electron chi connectivity index (χ3n) is 4.32. The highest BCUT2D eigenvalue weighted by atomic mass is 35.5. The van der Waals surface area contributed by atoms with Gasteiger partial charge in [0.05, 0.1) is 16.8 Å². The summed E-state index contributed by atoms with van der Waals surface area (Å²) in [6, 6.07) is 5.97. The summed E-state index contributed by atoms with van der Waals surface area (Å²) in [4.78, 5) is 12.0. The summed E-state index contributed by atoms with van der Waals surface area (Å²) >= 11 is 5.75. The number of halogens is 1. The molecule has 1 amide bonds. The number of rotatable bonds is 9. The maximum Gasteiger partial charge on any atom is 0.221 e. The minimum atomic E-state index is -3.47. The van der Waals surface area contributed by atoms with E-state index in [0.29, 0.717) is 24.3 Å². The number of nitrogens with one attached hydrogen (secondary N) is 1. The number of carbonyl (C=O) groups is 1. The Hall–Kier alpha value is -1.11. The number of carbonyl (C=O) groups excluding carboxylic acids is 1. The van der Waals surface area contributed by atoms with Gasteiger partial charge >= 0.3 is 0 Å². The van der Waals surface area contributed by atoms with E-state index in [1.807, 2.05) is 0 Å². The number of sulfone groups is 1. The van der Waals surface area contributed by atoms with Crippen LogP contribution in [0.1, 0.15) is 44.9 Å². The number of ether oxygens (including phenoxy) is 1. The molecule has 1 aliphatic carbocycles. The van der Waals surface area contributed by atoms with Gasteiger partial charge in [0.15, 0.2) is 9.84 Å². The van der Waals surface area contributed by atoms with Crippen molar-refractivity contribution >= 4 is 27.3 Å². The molecule has 1 aromatic carbocycles. The molecule has 0 atom stereocenters. The van der Waals surface area contributed by atoms with Gasteiger partial charge in [0.1, 0.15) is 0 Å². The van der Waals surface area contributed by atoms with Gasteiger partial charge in [-0.1, -0.05) is 30.9 Å². The average molecular weight is 388 g/mol. The molecular weight excluding hydrogens is 362 g/mol. The van der Waals surface area contributed by atoms with E-state index in [0.717, 1.165) is 19.3 Å².